The second-order valence-corrected chi connectivity index (χ2v) is 8.58. The molecule has 7 nitrogen and oxygen atoms in total. The van der Waals surface area contributed by atoms with E-state index in [1.54, 1.807) is 18.2 Å². The van der Waals surface area contributed by atoms with Crippen LogP contribution in [0.4, 0.5) is 5.13 Å². The normalized spacial score (nSPS) is 15.8. The molecule has 3 aromatic carbocycles. The van der Waals surface area contributed by atoms with Crippen LogP contribution in [0.2, 0.25) is 0 Å². The van der Waals surface area contributed by atoms with Crippen molar-refractivity contribution in [1.82, 2.24) is 15.1 Å². The molecule has 1 aliphatic heterocycles. The number of nitrogens with zero attached hydrogens (tertiary/aromatic N) is 3. The predicted molar refractivity (Wildman–Crippen MR) is 124 cm³/mol. The lowest BCUT2D eigenvalue weighted by molar-refractivity contribution is -0.119. The molecule has 4 aromatic rings. The molecule has 1 unspecified atom stereocenters. The minimum Gasteiger partial charge on any atom is -0.506 e. The van der Waals surface area contributed by atoms with Crippen LogP contribution in [0, 0.1) is 0 Å². The van der Waals surface area contributed by atoms with Gasteiger partial charge in [0.05, 0.1) is 5.56 Å². The number of amides is 2. The van der Waals surface area contributed by atoms with Gasteiger partial charge in [0.25, 0.3) is 5.91 Å². The maximum atomic E-state index is 13.2. The van der Waals surface area contributed by atoms with E-state index >= 15 is 0 Å². The zero-order chi connectivity index (χ0) is 22.1. The molecule has 5 rings (SSSR count). The smallest absolute Gasteiger partial charge is 0.258 e. The van der Waals surface area contributed by atoms with Crippen LogP contribution < -0.4 is 5.32 Å². The molecule has 0 saturated carbocycles. The summed E-state index contributed by atoms with van der Waals surface area (Å²) in [4.78, 5) is 27.7. The number of rotatable bonds is 4. The predicted octanol–water partition coefficient (Wildman–Crippen LogP) is 4.31. The van der Waals surface area contributed by atoms with Crippen LogP contribution in [-0.2, 0) is 4.79 Å². The van der Waals surface area contributed by atoms with Crippen molar-refractivity contribution in [2.75, 3.05) is 11.9 Å². The Morgan fingerprint density at radius 2 is 1.78 bits per heavy atom. The Bertz CT molecular complexity index is 1310. The molecule has 1 aromatic heterocycles. The standard InChI is InChI=1S/C24H20N4O3S/c29-20-17-10-5-4-7-15(17)12-13-18(20)23(31)28-14-6-11-19(28)21(30)25-24-27-26-22(32-24)16-8-2-1-3-9-16/h1-5,7-10,12-13,19,29H,6,11,14H2,(H,25,27,30). The average Bonchev–Trinajstić information content (AvgIpc) is 3.50. The Hall–Kier alpha value is -3.78. The van der Waals surface area contributed by atoms with Crippen LogP contribution in [0.3, 0.4) is 0 Å². The van der Waals surface area contributed by atoms with E-state index in [4.69, 9.17) is 0 Å². The van der Waals surface area contributed by atoms with Crippen molar-refractivity contribution in [2.45, 2.75) is 18.9 Å². The number of carbonyl (C=O) groups excluding carboxylic acids is 2. The Morgan fingerprint density at radius 1 is 1.00 bits per heavy atom. The quantitative estimate of drug-likeness (QED) is 0.489. The Balaban J connectivity index is 1.34. The number of aromatic nitrogens is 2. The summed E-state index contributed by atoms with van der Waals surface area (Å²) in [5.41, 5.74) is 1.13. The summed E-state index contributed by atoms with van der Waals surface area (Å²) in [6, 6.07) is 19.7. The highest BCUT2D eigenvalue weighted by Crippen LogP contribution is 2.32. The van der Waals surface area contributed by atoms with E-state index in [9.17, 15) is 14.7 Å². The molecule has 0 bridgehead atoms. The summed E-state index contributed by atoms with van der Waals surface area (Å²) in [7, 11) is 0. The van der Waals surface area contributed by atoms with Crippen molar-refractivity contribution in [1.29, 1.82) is 0 Å². The van der Waals surface area contributed by atoms with E-state index in [-0.39, 0.29) is 23.1 Å². The number of phenols is 1. The summed E-state index contributed by atoms with van der Waals surface area (Å²) in [5, 5.41) is 24.3. The second-order valence-electron chi connectivity index (χ2n) is 7.61. The van der Waals surface area contributed by atoms with Gasteiger partial charge in [-0.25, -0.2) is 0 Å². The average molecular weight is 445 g/mol. The largest absolute Gasteiger partial charge is 0.506 e. The van der Waals surface area contributed by atoms with Crippen LogP contribution in [-0.4, -0.2) is 44.6 Å². The van der Waals surface area contributed by atoms with Crippen molar-refractivity contribution < 1.29 is 14.7 Å². The molecule has 0 spiro atoms. The first-order chi connectivity index (χ1) is 15.6. The van der Waals surface area contributed by atoms with Crippen LogP contribution in [0.15, 0.2) is 66.7 Å². The lowest BCUT2D eigenvalue weighted by atomic mass is 10.0. The van der Waals surface area contributed by atoms with Crippen molar-refractivity contribution in [3.63, 3.8) is 0 Å². The van der Waals surface area contributed by atoms with Gasteiger partial charge in [0.1, 0.15) is 16.8 Å². The third-order valence-electron chi connectivity index (χ3n) is 5.62. The number of anilines is 1. The molecule has 8 heteroatoms. The lowest BCUT2D eigenvalue weighted by Crippen LogP contribution is -2.43. The molecule has 2 N–H and O–H groups in total. The van der Waals surface area contributed by atoms with Crippen LogP contribution in [0.25, 0.3) is 21.3 Å². The van der Waals surface area contributed by atoms with E-state index < -0.39 is 6.04 Å². The summed E-state index contributed by atoms with van der Waals surface area (Å²) in [5.74, 6) is -0.712. The number of hydrogen-bond donors (Lipinski definition) is 2. The maximum Gasteiger partial charge on any atom is 0.258 e. The monoisotopic (exact) mass is 444 g/mol. The molecule has 1 atom stereocenters. The zero-order valence-electron chi connectivity index (χ0n) is 17.1. The summed E-state index contributed by atoms with van der Waals surface area (Å²) in [6.07, 6.45) is 1.26. The molecular weight excluding hydrogens is 424 g/mol. The van der Waals surface area contributed by atoms with Crippen LogP contribution >= 0.6 is 11.3 Å². The van der Waals surface area contributed by atoms with Gasteiger partial charge in [-0.1, -0.05) is 72.0 Å². The van der Waals surface area contributed by atoms with Crippen LogP contribution in [0.5, 0.6) is 5.75 Å². The van der Waals surface area contributed by atoms with Gasteiger partial charge >= 0.3 is 0 Å². The molecule has 1 aliphatic rings. The maximum absolute atomic E-state index is 13.2. The molecule has 2 amide bonds. The third kappa shape index (κ3) is 3.69. The van der Waals surface area contributed by atoms with Crippen LogP contribution in [0.1, 0.15) is 23.2 Å². The SMILES string of the molecule is O=C(Nc1nnc(-c2ccccc2)s1)C1CCCN1C(=O)c1ccc2ccccc2c1O. The second kappa shape index (κ2) is 8.39. The van der Waals surface area contributed by atoms with Gasteiger partial charge < -0.3 is 10.0 Å². The topological polar surface area (TPSA) is 95.4 Å². The molecule has 2 heterocycles. The van der Waals surface area contributed by atoms with Crippen molar-refractivity contribution in [2.24, 2.45) is 0 Å². The first kappa shape index (κ1) is 20.1. The van der Waals surface area contributed by atoms with Gasteiger partial charge in [-0.2, -0.15) is 0 Å². The molecule has 1 saturated heterocycles. The number of aromatic hydroxyl groups is 1. The van der Waals surface area contributed by atoms with E-state index in [0.717, 1.165) is 10.9 Å². The highest BCUT2D eigenvalue weighted by Gasteiger charge is 2.36. The minimum absolute atomic E-state index is 0.0595. The number of nitrogens with one attached hydrogen (secondary N) is 1. The van der Waals surface area contributed by atoms with Crippen molar-refractivity contribution in [3.05, 3.63) is 72.3 Å². The van der Waals surface area contributed by atoms with Gasteiger partial charge in [0, 0.05) is 17.5 Å². The summed E-state index contributed by atoms with van der Waals surface area (Å²) in [6.45, 7) is 0.453. The lowest BCUT2D eigenvalue weighted by Gasteiger charge is -2.24. The fourth-order valence-electron chi connectivity index (χ4n) is 4.02. The summed E-state index contributed by atoms with van der Waals surface area (Å²) >= 11 is 1.29. The van der Waals surface area contributed by atoms with E-state index in [1.807, 2.05) is 48.5 Å². The number of fused-ring (bicyclic) bond motifs is 1. The first-order valence-corrected chi connectivity index (χ1v) is 11.1. The Morgan fingerprint density at radius 3 is 2.62 bits per heavy atom. The Kier molecular flexibility index (Phi) is 5.28. The van der Waals surface area contributed by atoms with Crippen molar-refractivity contribution in [3.8, 4) is 16.3 Å². The number of phenolic OH excluding ortho intramolecular Hbond substituents is 1. The molecular formula is C24H20N4O3S. The third-order valence-corrected chi connectivity index (χ3v) is 6.51. The zero-order valence-corrected chi connectivity index (χ0v) is 17.9. The fraction of sp³-hybridized carbons (Fsp3) is 0.167. The number of likely N-dealkylation sites (tertiary alicyclic amines) is 1. The molecule has 160 valence electrons. The van der Waals surface area contributed by atoms with E-state index in [0.29, 0.717) is 34.9 Å². The highest BCUT2D eigenvalue weighted by atomic mass is 32.1. The van der Waals surface area contributed by atoms with E-state index in [1.165, 1.54) is 16.2 Å². The van der Waals surface area contributed by atoms with E-state index in [2.05, 4.69) is 15.5 Å². The van der Waals surface area contributed by atoms with Crippen molar-refractivity contribution >= 4 is 39.1 Å². The fourth-order valence-corrected chi connectivity index (χ4v) is 4.78. The van der Waals surface area contributed by atoms with Gasteiger partial charge in [0.15, 0.2) is 0 Å². The first-order valence-electron chi connectivity index (χ1n) is 10.3. The van der Waals surface area contributed by atoms with Gasteiger partial charge in [-0.3, -0.25) is 14.9 Å². The summed E-state index contributed by atoms with van der Waals surface area (Å²) < 4.78 is 0. The molecule has 0 aliphatic carbocycles. The van der Waals surface area contributed by atoms with Gasteiger partial charge in [-0.05, 0) is 24.3 Å². The van der Waals surface area contributed by atoms with Gasteiger partial charge in [-0.15, -0.1) is 10.2 Å². The highest BCUT2D eigenvalue weighted by molar-refractivity contribution is 7.18. The molecule has 1 fully saturated rings. The van der Waals surface area contributed by atoms with Gasteiger partial charge in [0.2, 0.25) is 11.0 Å². The molecule has 32 heavy (non-hydrogen) atoms. The molecule has 0 radical (unpaired) electrons. The number of benzene rings is 3. The number of carbonyl (C=O) groups is 2. The minimum atomic E-state index is -0.627. The Labute approximate surface area is 188 Å². The number of hydrogen-bond acceptors (Lipinski definition) is 6.